The lowest BCUT2D eigenvalue weighted by Crippen LogP contribution is -2.42. The number of anilines is 1. The van der Waals surface area contributed by atoms with E-state index in [0.717, 1.165) is 32.0 Å². The van der Waals surface area contributed by atoms with Crippen LogP contribution in [0.5, 0.6) is 0 Å². The summed E-state index contributed by atoms with van der Waals surface area (Å²) in [6, 6.07) is 4.89. The van der Waals surface area contributed by atoms with Crippen LogP contribution in [0, 0.1) is 5.92 Å². The number of urea groups is 1. The lowest BCUT2D eigenvalue weighted by atomic mass is 9.96. The van der Waals surface area contributed by atoms with Gasteiger partial charge in [-0.2, -0.15) is 13.2 Å². The van der Waals surface area contributed by atoms with Crippen LogP contribution < -0.4 is 10.6 Å². The maximum atomic E-state index is 12.9. The molecule has 1 fully saturated rings. The maximum absolute atomic E-state index is 12.9. The summed E-state index contributed by atoms with van der Waals surface area (Å²) in [5.74, 6) is 0.364. The molecule has 1 heterocycles. The molecule has 24 heavy (non-hydrogen) atoms. The highest BCUT2D eigenvalue weighted by molar-refractivity contribution is 5.90. The van der Waals surface area contributed by atoms with Crippen molar-refractivity contribution in [3.63, 3.8) is 0 Å². The van der Waals surface area contributed by atoms with Gasteiger partial charge in [-0.1, -0.05) is 12.1 Å². The largest absolute Gasteiger partial charge is 0.418 e. The van der Waals surface area contributed by atoms with E-state index in [-0.39, 0.29) is 5.69 Å². The van der Waals surface area contributed by atoms with Crippen LogP contribution in [-0.2, 0) is 6.18 Å². The van der Waals surface area contributed by atoms with Crippen LogP contribution in [0.3, 0.4) is 0 Å². The topological polar surface area (TPSA) is 44.4 Å². The fourth-order valence-electron chi connectivity index (χ4n) is 2.92. The van der Waals surface area contributed by atoms with E-state index in [1.54, 1.807) is 0 Å². The number of amides is 2. The molecule has 1 saturated heterocycles. The van der Waals surface area contributed by atoms with Crippen molar-refractivity contribution in [2.75, 3.05) is 25.0 Å². The van der Waals surface area contributed by atoms with Gasteiger partial charge < -0.3 is 15.5 Å². The monoisotopic (exact) mass is 343 g/mol. The predicted octanol–water partition coefficient (Wildman–Crippen LogP) is 3.95. The third-order valence-electron chi connectivity index (χ3n) is 4.41. The Kier molecular flexibility index (Phi) is 6.10. The number of alkyl halides is 3. The van der Waals surface area contributed by atoms with E-state index in [4.69, 9.17) is 0 Å². The normalized spacial score (nSPS) is 17.1. The summed E-state index contributed by atoms with van der Waals surface area (Å²) in [6.07, 6.45) is -2.53. The van der Waals surface area contributed by atoms with Gasteiger partial charge in [0.25, 0.3) is 0 Å². The molecule has 2 amide bonds. The molecule has 0 spiro atoms. The summed E-state index contributed by atoms with van der Waals surface area (Å²) < 4.78 is 38.7. The van der Waals surface area contributed by atoms with Gasteiger partial charge in [-0.05, 0) is 57.8 Å². The first-order chi connectivity index (χ1) is 11.3. The molecule has 1 aliphatic heterocycles. The van der Waals surface area contributed by atoms with E-state index in [0.29, 0.717) is 18.5 Å². The van der Waals surface area contributed by atoms with Crippen molar-refractivity contribution >= 4 is 11.7 Å². The van der Waals surface area contributed by atoms with Crippen LogP contribution in [0.1, 0.15) is 32.3 Å². The van der Waals surface area contributed by atoms with Gasteiger partial charge in [0.15, 0.2) is 0 Å². The molecule has 0 saturated carbocycles. The van der Waals surface area contributed by atoms with Gasteiger partial charge in [0.2, 0.25) is 0 Å². The Bertz CT molecular complexity index is 552. The van der Waals surface area contributed by atoms with Gasteiger partial charge >= 0.3 is 12.2 Å². The molecule has 4 nitrogen and oxygen atoms in total. The van der Waals surface area contributed by atoms with Gasteiger partial charge in [-0.3, -0.25) is 0 Å². The van der Waals surface area contributed by atoms with Crippen LogP contribution in [0.25, 0.3) is 0 Å². The second kappa shape index (κ2) is 7.88. The fourth-order valence-corrected chi connectivity index (χ4v) is 2.92. The second-order valence-electron chi connectivity index (χ2n) is 6.45. The Morgan fingerprint density at radius 2 is 1.88 bits per heavy atom. The molecule has 0 aromatic heterocycles. The molecule has 7 heteroatoms. The number of rotatable bonds is 4. The Morgan fingerprint density at radius 3 is 2.46 bits per heavy atom. The Balaban J connectivity index is 1.83. The zero-order chi connectivity index (χ0) is 17.7. The summed E-state index contributed by atoms with van der Waals surface area (Å²) >= 11 is 0. The third kappa shape index (κ3) is 5.12. The number of hydrogen-bond acceptors (Lipinski definition) is 2. The van der Waals surface area contributed by atoms with E-state index in [9.17, 15) is 18.0 Å². The number of halogens is 3. The Morgan fingerprint density at radius 1 is 1.25 bits per heavy atom. The molecule has 1 aromatic carbocycles. The minimum absolute atomic E-state index is 0.225. The fraction of sp³-hybridized carbons (Fsp3) is 0.588. The van der Waals surface area contributed by atoms with Gasteiger partial charge in [-0.25, -0.2) is 4.79 Å². The van der Waals surface area contributed by atoms with Crippen molar-refractivity contribution < 1.29 is 18.0 Å². The molecule has 0 radical (unpaired) electrons. The van der Waals surface area contributed by atoms with Crippen LogP contribution in [0.15, 0.2) is 24.3 Å². The zero-order valence-electron chi connectivity index (χ0n) is 14.0. The predicted molar refractivity (Wildman–Crippen MR) is 87.9 cm³/mol. The molecule has 1 aromatic rings. The first-order valence-electron chi connectivity index (χ1n) is 8.22. The zero-order valence-corrected chi connectivity index (χ0v) is 14.0. The summed E-state index contributed by atoms with van der Waals surface area (Å²) in [5.41, 5.74) is -1.07. The molecule has 1 aliphatic rings. The molecular formula is C17H24F3N3O. The number of carbonyl (C=O) groups excluding carboxylic acids is 1. The quantitative estimate of drug-likeness (QED) is 0.869. The van der Waals surface area contributed by atoms with Gasteiger partial charge in [0.1, 0.15) is 0 Å². The highest BCUT2D eigenvalue weighted by Gasteiger charge is 2.33. The molecule has 134 valence electrons. The Hall–Kier alpha value is -1.76. The van der Waals surface area contributed by atoms with Crippen LogP contribution in [0.2, 0.25) is 0 Å². The molecule has 0 atom stereocenters. The van der Waals surface area contributed by atoms with Gasteiger partial charge in [0.05, 0.1) is 11.3 Å². The number of nitrogens with one attached hydrogen (secondary N) is 2. The van der Waals surface area contributed by atoms with Crippen molar-refractivity contribution in [2.24, 2.45) is 5.92 Å². The molecule has 2 rings (SSSR count). The lowest BCUT2D eigenvalue weighted by Gasteiger charge is -2.34. The van der Waals surface area contributed by atoms with Crippen molar-refractivity contribution in [2.45, 2.75) is 38.9 Å². The van der Waals surface area contributed by atoms with Gasteiger partial charge in [0, 0.05) is 12.6 Å². The molecule has 0 bridgehead atoms. The molecule has 0 unspecified atom stereocenters. The average molecular weight is 343 g/mol. The van der Waals surface area contributed by atoms with Crippen molar-refractivity contribution in [1.82, 2.24) is 10.2 Å². The smallest absolute Gasteiger partial charge is 0.338 e. The summed E-state index contributed by atoms with van der Waals surface area (Å²) in [4.78, 5) is 14.3. The number of benzene rings is 1. The standard InChI is InChI=1S/C17H24F3N3O/c1-12(2)23-9-7-13(8-10-23)11-21-16(24)22-15-6-4-3-5-14(15)17(18,19)20/h3-6,12-13H,7-11H2,1-2H3,(H2,21,22,24). The number of nitrogens with zero attached hydrogens (tertiary/aromatic N) is 1. The lowest BCUT2D eigenvalue weighted by molar-refractivity contribution is -0.136. The number of likely N-dealkylation sites (tertiary alicyclic amines) is 1. The molecule has 2 N–H and O–H groups in total. The number of hydrogen-bond donors (Lipinski definition) is 2. The van der Waals surface area contributed by atoms with Crippen molar-refractivity contribution in [3.05, 3.63) is 29.8 Å². The van der Waals surface area contributed by atoms with E-state index in [2.05, 4.69) is 29.4 Å². The summed E-state index contributed by atoms with van der Waals surface area (Å²) in [5, 5.41) is 4.99. The first-order valence-corrected chi connectivity index (χ1v) is 8.22. The minimum Gasteiger partial charge on any atom is -0.338 e. The van der Waals surface area contributed by atoms with E-state index in [1.165, 1.54) is 18.2 Å². The van der Waals surface area contributed by atoms with Crippen LogP contribution in [0.4, 0.5) is 23.7 Å². The van der Waals surface area contributed by atoms with E-state index < -0.39 is 17.8 Å². The highest BCUT2D eigenvalue weighted by atomic mass is 19.4. The Labute approximate surface area is 140 Å². The average Bonchev–Trinajstić information content (AvgIpc) is 2.53. The minimum atomic E-state index is -4.49. The van der Waals surface area contributed by atoms with E-state index in [1.807, 2.05) is 0 Å². The second-order valence-corrected chi connectivity index (χ2v) is 6.45. The van der Waals surface area contributed by atoms with Crippen molar-refractivity contribution in [3.8, 4) is 0 Å². The summed E-state index contributed by atoms with van der Waals surface area (Å²) in [7, 11) is 0. The number of carbonyl (C=O) groups is 1. The molecule has 0 aliphatic carbocycles. The molecular weight excluding hydrogens is 319 g/mol. The SMILES string of the molecule is CC(C)N1CCC(CNC(=O)Nc2ccccc2C(F)(F)F)CC1. The van der Waals surface area contributed by atoms with Crippen molar-refractivity contribution in [1.29, 1.82) is 0 Å². The van der Waals surface area contributed by atoms with Crippen LogP contribution >= 0.6 is 0 Å². The summed E-state index contributed by atoms with van der Waals surface area (Å²) in [6.45, 7) is 6.77. The number of piperidine rings is 1. The van der Waals surface area contributed by atoms with E-state index >= 15 is 0 Å². The maximum Gasteiger partial charge on any atom is 0.418 e. The third-order valence-corrected chi connectivity index (χ3v) is 4.41. The highest BCUT2D eigenvalue weighted by Crippen LogP contribution is 2.34. The number of para-hydroxylation sites is 1. The van der Waals surface area contributed by atoms with Crippen LogP contribution in [-0.4, -0.2) is 36.6 Å². The first kappa shape index (κ1) is 18.6. The van der Waals surface area contributed by atoms with Gasteiger partial charge in [-0.15, -0.1) is 0 Å².